The summed E-state index contributed by atoms with van der Waals surface area (Å²) in [4.78, 5) is 38.0. The number of nitrogens with one attached hydrogen (secondary N) is 1. The number of esters is 1. The number of thiophene rings is 1. The SMILES string of the molecule is Cc1cc(C(=O)CCC(=O)OCC(=O)Nc2cccc3nsnc23)c(C)s1. The maximum absolute atomic E-state index is 12.2. The molecule has 2 aromatic heterocycles. The van der Waals surface area contributed by atoms with Gasteiger partial charge in [-0.05, 0) is 32.0 Å². The third kappa shape index (κ3) is 4.75. The molecule has 1 N–H and O–H groups in total. The van der Waals surface area contributed by atoms with Gasteiger partial charge in [-0.3, -0.25) is 14.4 Å². The number of benzene rings is 1. The Balaban J connectivity index is 1.46. The van der Waals surface area contributed by atoms with Crippen molar-refractivity contribution in [1.29, 1.82) is 0 Å². The highest BCUT2D eigenvalue weighted by atomic mass is 32.1. The Morgan fingerprint density at radius 3 is 2.70 bits per heavy atom. The molecule has 3 rings (SSSR count). The number of ketones is 1. The number of carbonyl (C=O) groups is 3. The lowest BCUT2D eigenvalue weighted by Gasteiger charge is -2.07. The van der Waals surface area contributed by atoms with Crippen LogP contribution in [0.5, 0.6) is 0 Å². The monoisotopic (exact) mass is 403 g/mol. The Morgan fingerprint density at radius 1 is 1.15 bits per heavy atom. The summed E-state index contributed by atoms with van der Waals surface area (Å²) in [5.74, 6) is -1.16. The van der Waals surface area contributed by atoms with Crippen LogP contribution in [0.3, 0.4) is 0 Å². The van der Waals surface area contributed by atoms with E-state index in [2.05, 4.69) is 14.1 Å². The van der Waals surface area contributed by atoms with Gasteiger partial charge in [0.2, 0.25) is 0 Å². The van der Waals surface area contributed by atoms with Crippen LogP contribution >= 0.6 is 23.1 Å². The van der Waals surface area contributed by atoms with Crippen LogP contribution in [0.25, 0.3) is 11.0 Å². The predicted molar refractivity (Wildman–Crippen MR) is 104 cm³/mol. The van der Waals surface area contributed by atoms with Gasteiger partial charge in [-0.25, -0.2) is 0 Å². The van der Waals surface area contributed by atoms with Crippen molar-refractivity contribution in [2.45, 2.75) is 26.7 Å². The second-order valence-corrected chi connectivity index (χ2v) is 7.89. The first-order valence-electron chi connectivity index (χ1n) is 8.21. The number of anilines is 1. The van der Waals surface area contributed by atoms with Gasteiger partial charge in [0.15, 0.2) is 12.4 Å². The van der Waals surface area contributed by atoms with Crippen LogP contribution in [-0.2, 0) is 14.3 Å². The molecule has 140 valence electrons. The first kappa shape index (κ1) is 19.1. The van der Waals surface area contributed by atoms with Gasteiger partial charge in [0.25, 0.3) is 5.91 Å². The zero-order valence-corrected chi connectivity index (χ0v) is 16.4. The van der Waals surface area contributed by atoms with Crippen LogP contribution in [0.2, 0.25) is 0 Å². The van der Waals surface area contributed by atoms with Gasteiger partial charge in [0.05, 0.1) is 23.8 Å². The predicted octanol–water partition coefficient (Wildman–Crippen LogP) is 3.51. The molecule has 0 bridgehead atoms. The van der Waals surface area contributed by atoms with Gasteiger partial charge in [0.1, 0.15) is 11.0 Å². The molecule has 0 aliphatic carbocycles. The molecule has 2 heterocycles. The molecule has 0 fully saturated rings. The van der Waals surface area contributed by atoms with E-state index in [1.54, 1.807) is 29.5 Å². The summed E-state index contributed by atoms with van der Waals surface area (Å²) in [5, 5.41) is 2.65. The standard InChI is InChI=1S/C18H17N3O4S2/c1-10-8-12(11(2)26-10)15(22)6-7-17(24)25-9-16(23)19-13-4-3-5-14-18(13)21-27-20-14/h3-5,8H,6-7,9H2,1-2H3,(H,19,23). The van der Waals surface area contributed by atoms with E-state index in [9.17, 15) is 14.4 Å². The molecule has 0 saturated carbocycles. The van der Waals surface area contributed by atoms with Crippen molar-refractivity contribution >= 4 is 57.4 Å². The normalized spacial score (nSPS) is 10.7. The number of rotatable bonds is 7. The number of nitrogens with zero attached hydrogens (tertiary/aromatic N) is 2. The van der Waals surface area contributed by atoms with Crippen molar-refractivity contribution in [3.8, 4) is 0 Å². The number of carbonyl (C=O) groups excluding carboxylic acids is 3. The quantitative estimate of drug-likeness (QED) is 0.479. The Bertz CT molecular complexity index is 1010. The molecule has 9 heteroatoms. The summed E-state index contributed by atoms with van der Waals surface area (Å²) < 4.78 is 13.2. The summed E-state index contributed by atoms with van der Waals surface area (Å²) in [5.41, 5.74) is 2.44. The van der Waals surface area contributed by atoms with Gasteiger partial charge >= 0.3 is 5.97 Å². The summed E-state index contributed by atoms with van der Waals surface area (Å²) >= 11 is 2.60. The molecule has 0 unspecified atom stereocenters. The highest BCUT2D eigenvalue weighted by molar-refractivity contribution is 7.12. The van der Waals surface area contributed by atoms with Gasteiger partial charge < -0.3 is 10.1 Å². The maximum atomic E-state index is 12.2. The van der Waals surface area contributed by atoms with Crippen LogP contribution in [0.4, 0.5) is 5.69 Å². The lowest BCUT2D eigenvalue weighted by Crippen LogP contribution is -2.21. The molecule has 1 aromatic carbocycles. The zero-order chi connectivity index (χ0) is 19.4. The molecule has 0 radical (unpaired) electrons. The molecule has 27 heavy (non-hydrogen) atoms. The Morgan fingerprint density at radius 2 is 1.96 bits per heavy atom. The third-order valence-corrected chi connectivity index (χ3v) is 5.33. The second kappa shape index (κ2) is 8.36. The largest absolute Gasteiger partial charge is 0.456 e. The van der Waals surface area contributed by atoms with Crippen LogP contribution in [0.1, 0.15) is 33.0 Å². The smallest absolute Gasteiger partial charge is 0.306 e. The summed E-state index contributed by atoms with van der Waals surface area (Å²) in [7, 11) is 0. The van der Waals surface area contributed by atoms with E-state index in [1.807, 2.05) is 19.9 Å². The molecule has 3 aromatic rings. The molecule has 0 aliphatic rings. The average Bonchev–Trinajstić information content (AvgIpc) is 3.24. The van der Waals surface area contributed by atoms with Crippen LogP contribution < -0.4 is 5.32 Å². The molecule has 0 atom stereocenters. The van der Waals surface area contributed by atoms with Crippen LogP contribution in [0.15, 0.2) is 24.3 Å². The van der Waals surface area contributed by atoms with Crippen molar-refractivity contribution in [3.05, 3.63) is 39.6 Å². The number of hydrogen-bond acceptors (Lipinski definition) is 8. The first-order valence-corrected chi connectivity index (χ1v) is 9.75. The van der Waals surface area contributed by atoms with E-state index in [-0.39, 0.29) is 18.6 Å². The third-order valence-electron chi connectivity index (χ3n) is 3.82. The number of aryl methyl sites for hydroxylation is 2. The van der Waals surface area contributed by atoms with E-state index in [1.165, 1.54) is 0 Å². The van der Waals surface area contributed by atoms with E-state index in [0.29, 0.717) is 22.3 Å². The topological polar surface area (TPSA) is 98.2 Å². The highest BCUT2D eigenvalue weighted by Crippen LogP contribution is 2.22. The van der Waals surface area contributed by atoms with Gasteiger partial charge in [-0.1, -0.05) is 6.07 Å². The Kier molecular flexibility index (Phi) is 5.92. The number of ether oxygens (including phenoxy) is 1. The molecule has 7 nitrogen and oxygen atoms in total. The van der Waals surface area contributed by atoms with Gasteiger partial charge in [0, 0.05) is 21.7 Å². The lowest BCUT2D eigenvalue weighted by atomic mass is 10.1. The summed E-state index contributed by atoms with van der Waals surface area (Å²) in [6, 6.07) is 7.08. The molecular weight excluding hydrogens is 386 g/mol. The van der Waals surface area contributed by atoms with Gasteiger partial charge in [-0.2, -0.15) is 8.75 Å². The van der Waals surface area contributed by atoms with Crippen molar-refractivity contribution in [1.82, 2.24) is 8.75 Å². The number of hydrogen-bond donors (Lipinski definition) is 1. The number of fused-ring (bicyclic) bond motifs is 1. The minimum Gasteiger partial charge on any atom is -0.456 e. The summed E-state index contributed by atoms with van der Waals surface area (Å²) in [6.45, 7) is 3.40. The maximum Gasteiger partial charge on any atom is 0.306 e. The van der Waals surface area contributed by atoms with E-state index in [0.717, 1.165) is 21.5 Å². The first-order chi connectivity index (χ1) is 12.9. The summed E-state index contributed by atoms with van der Waals surface area (Å²) in [6.07, 6.45) is -0.00664. The Labute approximate surface area is 163 Å². The number of amides is 1. The van der Waals surface area contributed by atoms with Crippen molar-refractivity contribution < 1.29 is 19.1 Å². The van der Waals surface area contributed by atoms with E-state index < -0.39 is 18.5 Å². The molecule has 0 saturated heterocycles. The fourth-order valence-electron chi connectivity index (χ4n) is 2.57. The average molecular weight is 403 g/mol. The molecule has 0 spiro atoms. The fraction of sp³-hybridized carbons (Fsp3) is 0.278. The van der Waals surface area contributed by atoms with Gasteiger partial charge in [-0.15, -0.1) is 11.3 Å². The molecular formula is C18H17N3O4S2. The number of aromatic nitrogens is 2. The highest BCUT2D eigenvalue weighted by Gasteiger charge is 2.15. The minimum absolute atomic E-state index is 0.0568. The van der Waals surface area contributed by atoms with Crippen molar-refractivity contribution in [3.63, 3.8) is 0 Å². The fourth-order valence-corrected chi connectivity index (χ4v) is 4.06. The van der Waals surface area contributed by atoms with E-state index >= 15 is 0 Å². The van der Waals surface area contributed by atoms with Crippen molar-refractivity contribution in [2.75, 3.05) is 11.9 Å². The second-order valence-electron chi connectivity index (χ2n) is 5.90. The minimum atomic E-state index is -0.586. The van der Waals surface area contributed by atoms with E-state index in [4.69, 9.17) is 4.74 Å². The molecule has 1 amide bonds. The number of Topliss-reactive ketones (excluding diaryl/α,β-unsaturated/α-hetero) is 1. The van der Waals surface area contributed by atoms with Crippen molar-refractivity contribution in [2.24, 2.45) is 0 Å². The van der Waals surface area contributed by atoms with Crippen LogP contribution in [0, 0.1) is 13.8 Å². The Hall–Kier alpha value is -2.65. The lowest BCUT2D eigenvalue weighted by molar-refractivity contribution is -0.147. The van der Waals surface area contributed by atoms with Crippen LogP contribution in [-0.4, -0.2) is 33.0 Å². The zero-order valence-electron chi connectivity index (χ0n) is 14.8. The molecule has 0 aliphatic heterocycles.